The third kappa shape index (κ3) is 9.26. The molecule has 0 unspecified atom stereocenters. The zero-order valence-corrected chi connectivity index (χ0v) is 24.7. The van der Waals surface area contributed by atoms with Gasteiger partial charge in [0.25, 0.3) is 0 Å². The van der Waals surface area contributed by atoms with E-state index in [1.54, 1.807) is 0 Å². The molecule has 252 valence electrons. The van der Waals surface area contributed by atoms with Crippen molar-refractivity contribution in [3.05, 3.63) is 89.5 Å². The summed E-state index contributed by atoms with van der Waals surface area (Å²) >= 11 is 0. The van der Waals surface area contributed by atoms with Crippen LogP contribution in [0.5, 0.6) is 34.5 Å². The van der Waals surface area contributed by atoms with Gasteiger partial charge >= 0.3 is 17.9 Å². The molecule has 1 saturated heterocycles. The first-order valence-corrected chi connectivity index (χ1v) is 14.0. The Labute approximate surface area is 271 Å². The number of benzene rings is 3. The molecule has 3 aromatic rings. The van der Waals surface area contributed by atoms with Gasteiger partial charge in [0.2, 0.25) is 6.29 Å². The lowest BCUT2D eigenvalue weighted by atomic mass is 9.99. The second kappa shape index (κ2) is 15.5. The number of carbonyl (C=O) groups is 3. The number of rotatable bonds is 10. The van der Waals surface area contributed by atoms with Gasteiger partial charge in [-0.3, -0.25) is 0 Å². The fraction of sp³-hybridized carbons (Fsp3) is 0.182. The van der Waals surface area contributed by atoms with E-state index in [0.29, 0.717) is 5.56 Å². The van der Waals surface area contributed by atoms with Gasteiger partial charge in [-0.15, -0.1) is 0 Å². The van der Waals surface area contributed by atoms with E-state index in [-0.39, 0.29) is 28.4 Å². The van der Waals surface area contributed by atoms with Crippen LogP contribution in [0.25, 0.3) is 18.2 Å². The van der Waals surface area contributed by atoms with Crippen molar-refractivity contribution in [2.75, 3.05) is 6.61 Å². The minimum Gasteiger partial charge on any atom is -0.504 e. The van der Waals surface area contributed by atoms with Crippen molar-refractivity contribution >= 4 is 36.1 Å². The molecule has 0 spiro atoms. The lowest BCUT2D eigenvalue weighted by Gasteiger charge is -2.40. The van der Waals surface area contributed by atoms with Crippen LogP contribution in [0.3, 0.4) is 0 Å². The lowest BCUT2D eigenvalue weighted by molar-refractivity contribution is -0.294. The highest BCUT2D eigenvalue weighted by atomic mass is 16.7. The Hall–Kier alpha value is -6.03. The third-order valence-corrected chi connectivity index (χ3v) is 6.75. The molecule has 0 bridgehead atoms. The van der Waals surface area contributed by atoms with Gasteiger partial charge in [0.1, 0.15) is 24.9 Å². The van der Waals surface area contributed by atoms with Crippen molar-refractivity contribution in [1.82, 2.24) is 0 Å². The number of aliphatic hydroxyl groups excluding tert-OH is 2. The molecule has 1 aliphatic rings. The Kier molecular flexibility index (Phi) is 11.3. The minimum absolute atomic E-state index is 0.286. The molecule has 0 amide bonds. The molecule has 0 saturated carbocycles. The van der Waals surface area contributed by atoms with Crippen molar-refractivity contribution in [1.29, 1.82) is 0 Å². The van der Waals surface area contributed by atoms with Crippen molar-refractivity contribution < 1.29 is 74.2 Å². The summed E-state index contributed by atoms with van der Waals surface area (Å²) in [5.41, 5.74) is 0.917. The zero-order chi connectivity index (χ0) is 35.0. The second-order valence-corrected chi connectivity index (χ2v) is 10.2. The van der Waals surface area contributed by atoms with Crippen LogP contribution in [0.2, 0.25) is 0 Å². The number of aromatic hydroxyl groups is 6. The molecule has 5 atom stereocenters. The summed E-state index contributed by atoms with van der Waals surface area (Å²) in [5, 5.41) is 78.8. The number of aliphatic hydroxyl groups is 2. The molecule has 48 heavy (non-hydrogen) atoms. The van der Waals surface area contributed by atoms with Gasteiger partial charge in [-0.25, -0.2) is 14.4 Å². The number of esters is 3. The molecular formula is C33H30O15. The van der Waals surface area contributed by atoms with Crippen LogP contribution < -0.4 is 0 Å². The maximum absolute atomic E-state index is 12.7. The maximum atomic E-state index is 12.7. The number of phenolic OH excluding ortho intramolecular Hbond substituents is 6. The predicted molar refractivity (Wildman–Crippen MR) is 164 cm³/mol. The molecule has 0 aliphatic carbocycles. The van der Waals surface area contributed by atoms with E-state index in [2.05, 4.69) is 0 Å². The van der Waals surface area contributed by atoms with Crippen LogP contribution in [-0.4, -0.2) is 96.1 Å². The first kappa shape index (κ1) is 34.8. The fourth-order valence-corrected chi connectivity index (χ4v) is 4.23. The Bertz CT molecular complexity index is 1740. The summed E-state index contributed by atoms with van der Waals surface area (Å²) in [7, 11) is 0. The van der Waals surface area contributed by atoms with Crippen molar-refractivity contribution in [2.45, 2.75) is 30.7 Å². The van der Waals surface area contributed by atoms with E-state index >= 15 is 0 Å². The number of carbonyl (C=O) groups excluding carboxylic acids is 3. The standard InChI is InChI=1S/C33H30O15/c34-20-7-1-17(13-23(20)37)4-10-27(40)45-16-26-30(43)31(44)32(47-28(41)11-5-18-2-8-21(35)24(38)14-18)33(46-26)48-29(42)12-6-19-3-9-22(36)25(39)15-19/h1-15,26,30-39,43-44H,16H2/b10-4-,11-5-,12-6+/t26-,30-,31+,32-,33-/m1/s1. The average Bonchev–Trinajstić information content (AvgIpc) is 3.05. The Balaban J connectivity index is 1.47. The summed E-state index contributed by atoms with van der Waals surface area (Å²) in [6, 6.07) is 11.2. The Morgan fingerprint density at radius 3 is 1.44 bits per heavy atom. The number of phenols is 6. The molecule has 4 rings (SSSR count). The SMILES string of the molecule is O=C(/C=C\c1ccc(O)c(O)c1)OC[C@H]1O[C@H](OC(=O)/C=C/c2ccc(O)c(O)c2)[C@H](OC(=O)/C=C\c2ccc(O)c(O)c2)[C@@H](O)[C@@H]1O. The van der Waals surface area contributed by atoms with E-state index in [0.717, 1.165) is 30.4 Å². The van der Waals surface area contributed by atoms with Gasteiger partial charge in [0.15, 0.2) is 40.6 Å². The zero-order valence-electron chi connectivity index (χ0n) is 24.7. The lowest BCUT2D eigenvalue weighted by Crippen LogP contribution is -2.60. The van der Waals surface area contributed by atoms with E-state index < -0.39 is 72.5 Å². The summed E-state index contributed by atoms with van der Waals surface area (Å²) in [4.78, 5) is 37.6. The highest BCUT2D eigenvalue weighted by Gasteiger charge is 2.48. The number of hydrogen-bond acceptors (Lipinski definition) is 15. The summed E-state index contributed by atoms with van der Waals surface area (Å²) < 4.78 is 21.2. The van der Waals surface area contributed by atoms with Crippen LogP contribution in [0.4, 0.5) is 0 Å². The molecule has 15 nitrogen and oxygen atoms in total. The van der Waals surface area contributed by atoms with Gasteiger partial charge in [-0.1, -0.05) is 18.2 Å². The summed E-state index contributed by atoms with van der Waals surface area (Å²) in [5.74, 6) is -5.55. The first-order chi connectivity index (χ1) is 22.8. The van der Waals surface area contributed by atoms with Crippen LogP contribution in [-0.2, 0) is 33.3 Å². The summed E-state index contributed by atoms with van der Waals surface area (Å²) in [6.07, 6.45) is -2.41. The monoisotopic (exact) mass is 666 g/mol. The van der Waals surface area contributed by atoms with E-state index in [9.17, 15) is 55.2 Å². The van der Waals surface area contributed by atoms with Crippen LogP contribution >= 0.6 is 0 Å². The predicted octanol–water partition coefficient (Wildman–Crippen LogP) is 1.81. The quantitative estimate of drug-likeness (QED) is 0.0665. The highest BCUT2D eigenvalue weighted by Crippen LogP contribution is 2.29. The molecular weight excluding hydrogens is 636 g/mol. The molecule has 0 radical (unpaired) electrons. The smallest absolute Gasteiger partial charge is 0.333 e. The van der Waals surface area contributed by atoms with Crippen LogP contribution in [0, 0.1) is 0 Å². The van der Waals surface area contributed by atoms with E-state index in [1.807, 2.05) is 0 Å². The molecule has 0 aromatic heterocycles. The largest absolute Gasteiger partial charge is 0.504 e. The van der Waals surface area contributed by atoms with E-state index in [4.69, 9.17) is 18.9 Å². The highest BCUT2D eigenvalue weighted by molar-refractivity contribution is 5.88. The summed E-state index contributed by atoms with van der Waals surface area (Å²) in [6.45, 7) is -0.663. The molecule has 15 heteroatoms. The van der Waals surface area contributed by atoms with Crippen LogP contribution in [0.15, 0.2) is 72.8 Å². The molecule has 1 heterocycles. The van der Waals surface area contributed by atoms with Gasteiger partial charge in [0, 0.05) is 18.2 Å². The van der Waals surface area contributed by atoms with Gasteiger partial charge in [-0.05, 0) is 71.3 Å². The number of ether oxygens (including phenoxy) is 4. The molecule has 8 N–H and O–H groups in total. The number of hydrogen-bond donors (Lipinski definition) is 8. The molecule has 3 aromatic carbocycles. The van der Waals surface area contributed by atoms with Crippen molar-refractivity contribution in [2.24, 2.45) is 0 Å². The van der Waals surface area contributed by atoms with Gasteiger partial charge in [0.05, 0.1) is 0 Å². The van der Waals surface area contributed by atoms with E-state index in [1.165, 1.54) is 60.7 Å². The third-order valence-electron chi connectivity index (χ3n) is 6.75. The van der Waals surface area contributed by atoms with Gasteiger partial charge in [-0.2, -0.15) is 0 Å². The average molecular weight is 667 g/mol. The van der Waals surface area contributed by atoms with Gasteiger partial charge < -0.3 is 59.8 Å². The molecule has 1 fully saturated rings. The van der Waals surface area contributed by atoms with Crippen LogP contribution in [0.1, 0.15) is 16.7 Å². The Morgan fingerprint density at radius 2 is 1.00 bits per heavy atom. The fourth-order valence-electron chi connectivity index (χ4n) is 4.23. The molecule has 1 aliphatic heterocycles. The van der Waals surface area contributed by atoms with Crippen molar-refractivity contribution in [3.63, 3.8) is 0 Å². The first-order valence-electron chi connectivity index (χ1n) is 14.0. The second-order valence-electron chi connectivity index (χ2n) is 10.2. The maximum Gasteiger partial charge on any atom is 0.333 e. The van der Waals surface area contributed by atoms with Crippen molar-refractivity contribution in [3.8, 4) is 34.5 Å². The normalized spacial score (nSPS) is 21.0. The topological polar surface area (TPSA) is 250 Å². The Morgan fingerprint density at radius 1 is 0.583 bits per heavy atom. The minimum atomic E-state index is -1.93.